The average molecular weight is 257 g/mol. The van der Waals surface area contributed by atoms with Crippen LogP contribution < -0.4 is 9.47 Å². The number of methoxy groups -OCH3 is 2. The van der Waals surface area contributed by atoms with E-state index in [0.717, 1.165) is 11.1 Å². The maximum Gasteiger partial charge on any atom is 0.224 e. The number of carbonyl (C=O) groups excluding carboxylic acids is 1. The zero-order chi connectivity index (χ0) is 13.8. The number of ketones is 1. The van der Waals surface area contributed by atoms with Gasteiger partial charge >= 0.3 is 0 Å². The first-order valence-corrected chi connectivity index (χ1v) is 5.86. The second-order valence-electron chi connectivity index (χ2n) is 4.05. The van der Waals surface area contributed by atoms with E-state index in [9.17, 15) is 4.79 Å². The van der Waals surface area contributed by atoms with Crippen molar-refractivity contribution >= 4 is 5.78 Å². The zero-order valence-corrected chi connectivity index (χ0v) is 11.1. The highest BCUT2D eigenvalue weighted by Crippen LogP contribution is 2.30. The summed E-state index contributed by atoms with van der Waals surface area (Å²) in [7, 11) is 3.11. The zero-order valence-electron chi connectivity index (χ0n) is 11.1. The van der Waals surface area contributed by atoms with Crippen molar-refractivity contribution in [2.24, 2.45) is 0 Å². The number of rotatable bonds is 4. The number of pyridine rings is 1. The van der Waals surface area contributed by atoms with Gasteiger partial charge in [0, 0.05) is 17.2 Å². The molecule has 1 heterocycles. The van der Waals surface area contributed by atoms with Crippen LogP contribution in [0.2, 0.25) is 0 Å². The lowest BCUT2D eigenvalue weighted by molar-refractivity contribution is 0.101. The second-order valence-corrected chi connectivity index (χ2v) is 4.05. The third-order valence-electron chi connectivity index (χ3n) is 2.82. The largest absolute Gasteiger partial charge is 0.481 e. The highest BCUT2D eigenvalue weighted by Gasteiger charge is 2.10. The maximum absolute atomic E-state index is 11.4. The number of Topliss-reactive ketones (excluding diaryl/α,β-unsaturated/α-hetero) is 1. The number of ether oxygens (including phenoxy) is 2. The molecule has 2 rings (SSSR count). The Morgan fingerprint density at radius 3 is 2.53 bits per heavy atom. The van der Waals surface area contributed by atoms with Gasteiger partial charge in [-0.05, 0) is 24.6 Å². The Bertz CT molecular complexity index is 608. The predicted octanol–water partition coefficient (Wildman–Crippen LogP) is 2.97. The molecule has 0 saturated heterocycles. The van der Waals surface area contributed by atoms with Crippen LogP contribution in [0.1, 0.15) is 17.3 Å². The van der Waals surface area contributed by atoms with Gasteiger partial charge in [0.05, 0.1) is 14.2 Å². The normalized spacial score (nSPS) is 10.1. The minimum atomic E-state index is 0.0299. The molecule has 0 atom stereocenters. The summed E-state index contributed by atoms with van der Waals surface area (Å²) in [5.74, 6) is 0.991. The van der Waals surface area contributed by atoms with Crippen LogP contribution in [0.5, 0.6) is 11.8 Å². The fourth-order valence-electron chi connectivity index (χ4n) is 1.82. The van der Waals surface area contributed by atoms with Crippen molar-refractivity contribution in [1.29, 1.82) is 0 Å². The minimum Gasteiger partial charge on any atom is -0.481 e. The molecule has 0 bridgehead atoms. The highest BCUT2D eigenvalue weighted by molar-refractivity contribution is 5.95. The molecular formula is C15H15NO3. The van der Waals surface area contributed by atoms with Crippen molar-refractivity contribution in [3.05, 3.63) is 42.0 Å². The molecule has 0 aliphatic heterocycles. The van der Waals surface area contributed by atoms with Crippen molar-refractivity contribution in [2.45, 2.75) is 6.92 Å². The fraction of sp³-hybridized carbons (Fsp3) is 0.200. The van der Waals surface area contributed by atoms with Gasteiger partial charge in [-0.2, -0.15) is 4.98 Å². The monoisotopic (exact) mass is 257 g/mol. The lowest BCUT2D eigenvalue weighted by Crippen LogP contribution is -1.96. The van der Waals surface area contributed by atoms with Crippen LogP contribution in [-0.4, -0.2) is 25.0 Å². The molecule has 0 spiro atoms. The number of benzene rings is 1. The number of hydrogen-bond acceptors (Lipinski definition) is 4. The fourth-order valence-corrected chi connectivity index (χ4v) is 1.82. The van der Waals surface area contributed by atoms with Gasteiger partial charge in [0.25, 0.3) is 0 Å². The minimum absolute atomic E-state index is 0.0299. The van der Waals surface area contributed by atoms with Crippen molar-refractivity contribution in [2.75, 3.05) is 14.2 Å². The molecule has 0 saturated carbocycles. The summed E-state index contributed by atoms with van der Waals surface area (Å²) in [6, 6.07) is 11.0. The Balaban J connectivity index is 2.52. The number of nitrogens with zero attached hydrogens (tertiary/aromatic N) is 1. The number of carbonyl (C=O) groups is 1. The first kappa shape index (κ1) is 13.1. The molecule has 0 fully saturated rings. The van der Waals surface area contributed by atoms with Crippen LogP contribution in [0.4, 0.5) is 0 Å². The van der Waals surface area contributed by atoms with E-state index < -0.39 is 0 Å². The molecule has 4 heteroatoms. The molecule has 0 amide bonds. The van der Waals surface area contributed by atoms with Gasteiger partial charge in [-0.25, -0.2) is 0 Å². The van der Waals surface area contributed by atoms with E-state index >= 15 is 0 Å². The lowest BCUT2D eigenvalue weighted by atomic mass is 10.0. The van der Waals surface area contributed by atoms with E-state index in [1.54, 1.807) is 33.3 Å². The van der Waals surface area contributed by atoms with E-state index in [1.165, 1.54) is 0 Å². The average Bonchev–Trinajstić information content (AvgIpc) is 2.46. The third kappa shape index (κ3) is 2.73. The van der Waals surface area contributed by atoms with Crippen LogP contribution in [0.3, 0.4) is 0 Å². The summed E-state index contributed by atoms with van der Waals surface area (Å²) >= 11 is 0. The van der Waals surface area contributed by atoms with Crippen LogP contribution in [0.25, 0.3) is 11.1 Å². The molecule has 19 heavy (non-hydrogen) atoms. The van der Waals surface area contributed by atoms with E-state index in [-0.39, 0.29) is 5.78 Å². The Labute approximate surface area is 112 Å². The molecular weight excluding hydrogens is 242 g/mol. The molecule has 0 aliphatic rings. The molecule has 1 aromatic carbocycles. The van der Waals surface area contributed by atoms with Gasteiger partial charge in [0.1, 0.15) is 0 Å². The van der Waals surface area contributed by atoms with Gasteiger partial charge in [0.15, 0.2) is 5.78 Å². The first-order chi connectivity index (χ1) is 9.15. The second kappa shape index (κ2) is 5.52. The number of hydrogen-bond donors (Lipinski definition) is 0. The molecule has 0 N–H and O–H groups in total. The molecule has 98 valence electrons. The van der Waals surface area contributed by atoms with Crippen molar-refractivity contribution in [3.63, 3.8) is 0 Å². The van der Waals surface area contributed by atoms with Crippen LogP contribution in [-0.2, 0) is 0 Å². The Morgan fingerprint density at radius 2 is 1.89 bits per heavy atom. The van der Waals surface area contributed by atoms with Crippen LogP contribution in [0, 0.1) is 0 Å². The molecule has 0 aliphatic carbocycles. The van der Waals surface area contributed by atoms with E-state index in [2.05, 4.69) is 4.98 Å². The lowest BCUT2D eigenvalue weighted by Gasteiger charge is -2.09. The Hall–Kier alpha value is -2.36. The smallest absolute Gasteiger partial charge is 0.224 e. The Kier molecular flexibility index (Phi) is 3.80. The molecule has 0 unspecified atom stereocenters. The Morgan fingerprint density at radius 1 is 1.11 bits per heavy atom. The molecule has 0 radical (unpaired) electrons. The van der Waals surface area contributed by atoms with Gasteiger partial charge in [-0.1, -0.05) is 18.2 Å². The summed E-state index contributed by atoms with van der Waals surface area (Å²) in [5.41, 5.74) is 2.38. The first-order valence-electron chi connectivity index (χ1n) is 5.86. The molecule has 4 nitrogen and oxygen atoms in total. The summed E-state index contributed by atoms with van der Waals surface area (Å²) < 4.78 is 10.3. The van der Waals surface area contributed by atoms with Crippen LogP contribution in [0.15, 0.2) is 36.4 Å². The quantitative estimate of drug-likeness (QED) is 0.790. The summed E-state index contributed by atoms with van der Waals surface area (Å²) in [6.45, 7) is 1.54. The van der Waals surface area contributed by atoms with Gasteiger partial charge in [0.2, 0.25) is 11.8 Å². The van der Waals surface area contributed by atoms with Gasteiger partial charge in [-0.3, -0.25) is 4.79 Å². The highest BCUT2D eigenvalue weighted by atomic mass is 16.5. The van der Waals surface area contributed by atoms with E-state index in [1.807, 2.05) is 24.3 Å². The van der Waals surface area contributed by atoms with Crippen LogP contribution >= 0.6 is 0 Å². The summed E-state index contributed by atoms with van der Waals surface area (Å²) in [6.07, 6.45) is 0. The van der Waals surface area contributed by atoms with Gasteiger partial charge < -0.3 is 9.47 Å². The summed E-state index contributed by atoms with van der Waals surface area (Å²) in [4.78, 5) is 15.6. The third-order valence-corrected chi connectivity index (χ3v) is 2.82. The van der Waals surface area contributed by atoms with Crippen molar-refractivity contribution < 1.29 is 14.3 Å². The van der Waals surface area contributed by atoms with E-state index in [4.69, 9.17) is 9.47 Å². The SMILES string of the molecule is COc1ccc(-c2cccc(C(C)=O)c2)c(OC)n1. The maximum atomic E-state index is 11.4. The van der Waals surface area contributed by atoms with Crippen molar-refractivity contribution in [3.8, 4) is 22.9 Å². The summed E-state index contributed by atoms with van der Waals surface area (Å²) in [5, 5.41) is 0. The molecule has 2 aromatic rings. The standard InChI is InChI=1S/C15H15NO3/c1-10(17)11-5-4-6-12(9-11)13-7-8-14(18-2)16-15(13)19-3/h4-9H,1-3H3. The van der Waals surface area contributed by atoms with Gasteiger partial charge in [-0.15, -0.1) is 0 Å². The van der Waals surface area contributed by atoms with Crippen molar-refractivity contribution in [1.82, 2.24) is 4.98 Å². The molecule has 1 aromatic heterocycles. The topological polar surface area (TPSA) is 48.4 Å². The predicted molar refractivity (Wildman–Crippen MR) is 72.8 cm³/mol. The number of aromatic nitrogens is 1. The van der Waals surface area contributed by atoms with E-state index in [0.29, 0.717) is 17.3 Å².